The number of hydrogen-bond donors (Lipinski definition) is 1. The van der Waals surface area contributed by atoms with Gasteiger partial charge in [0, 0.05) is 5.75 Å². The van der Waals surface area contributed by atoms with E-state index < -0.39 is 0 Å². The zero-order valence-electron chi connectivity index (χ0n) is 11.2. The Balaban J connectivity index is 2.46. The Morgan fingerprint density at radius 2 is 1.94 bits per heavy atom. The molecule has 0 unspecified atom stereocenters. The Morgan fingerprint density at radius 3 is 2.35 bits per heavy atom. The fraction of sp³-hybridized carbons (Fsp3) is 0.600. The smallest absolute Gasteiger partial charge is 0.0593 e. The number of ether oxygens (including phenoxy) is 1. The molecule has 0 spiro atoms. The van der Waals surface area contributed by atoms with E-state index in [0.717, 1.165) is 19.0 Å². The van der Waals surface area contributed by atoms with Crippen LogP contribution in [0.2, 0.25) is 0 Å². The summed E-state index contributed by atoms with van der Waals surface area (Å²) in [6.45, 7) is 10.6. The minimum Gasteiger partial charge on any atom is -0.379 e. The van der Waals surface area contributed by atoms with E-state index in [1.165, 1.54) is 16.7 Å². The summed E-state index contributed by atoms with van der Waals surface area (Å²) in [4.78, 5) is 0. The van der Waals surface area contributed by atoms with Gasteiger partial charge in [0.25, 0.3) is 0 Å². The van der Waals surface area contributed by atoms with Gasteiger partial charge in [0.15, 0.2) is 0 Å². The molecule has 1 aromatic rings. The molecule has 2 heteroatoms. The van der Waals surface area contributed by atoms with Crippen molar-refractivity contribution in [2.24, 2.45) is 0 Å². The normalized spacial score (nSPS) is 18.9. The molecular formula is C15H22OS. The molecule has 94 valence electrons. The van der Waals surface area contributed by atoms with Gasteiger partial charge in [-0.3, -0.25) is 0 Å². The van der Waals surface area contributed by atoms with Gasteiger partial charge >= 0.3 is 0 Å². The first kappa shape index (κ1) is 13.0. The van der Waals surface area contributed by atoms with Crippen molar-refractivity contribution in [1.29, 1.82) is 0 Å². The maximum Gasteiger partial charge on any atom is 0.0593 e. The molecule has 0 bridgehead atoms. The van der Waals surface area contributed by atoms with E-state index in [1.807, 2.05) is 0 Å². The topological polar surface area (TPSA) is 9.23 Å². The quantitative estimate of drug-likeness (QED) is 0.791. The van der Waals surface area contributed by atoms with Crippen LogP contribution >= 0.6 is 12.6 Å². The van der Waals surface area contributed by atoms with Crippen LogP contribution in [-0.4, -0.2) is 19.0 Å². The van der Waals surface area contributed by atoms with Gasteiger partial charge in [-0.05, 0) is 29.0 Å². The van der Waals surface area contributed by atoms with Crippen molar-refractivity contribution in [3.8, 4) is 0 Å². The highest BCUT2D eigenvalue weighted by atomic mass is 32.1. The second-order valence-corrected chi connectivity index (χ2v) is 6.53. The Kier molecular flexibility index (Phi) is 3.30. The standard InChI is InChI=1S/C15H22OS/c1-11-5-6-12(14(2,3)4)7-13(11)15(10-17)8-16-9-15/h5-7,17H,8-10H2,1-4H3. The maximum atomic E-state index is 5.42. The first-order chi connectivity index (χ1) is 7.89. The van der Waals surface area contributed by atoms with Gasteiger partial charge in [-0.15, -0.1) is 0 Å². The van der Waals surface area contributed by atoms with Crippen LogP contribution in [0, 0.1) is 6.92 Å². The van der Waals surface area contributed by atoms with Crippen LogP contribution < -0.4 is 0 Å². The lowest BCUT2D eigenvalue weighted by molar-refractivity contribution is -0.0474. The summed E-state index contributed by atoms with van der Waals surface area (Å²) in [6, 6.07) is 6.83. The average molecular weight is 250 g/mol. The molecule has 0 saturated carbocycles. The van der Waals surface area contributed by atoms with Crippen molar-refractivity contribution < 1.29 is 4.74 Å². The van der Waals surface area contributed by atoms with Gasteiger partial charge in [-0.25, -0.2) is 0 Å². The van der Waals surface area contributed by atoms with Crippen molar-refractivity contribution >= 4 is 12.6 Å². The lowest BCUT2D eigenvalue weighted by Crippen LogP contribution is -2.49. The summed E-state index contributed by atoms with van der Waals surface area (Å²) in [7, 11) is 0. The minimum absolute atomic E-state index is 0.147. The van der Waals surface area contributed by atoms with Crippen molar-refractivity contribution in [1.82, 2.24) is 0 Å². The fourth-order valence-corrected chi connectivity index (χ4v) is 2.69. The van der Waals surface area contributed by atoms with Crippen LogP contribution in [0.1, 0.15) is 37.5 Å². The largest absolute Gasteiger partial charge is 0.379 e. The first-order valence-corrected chi connectivity index (χ1v) is 6.82. The lowest BCUT2D eigenvalue weighted by atomic mass is 9.75. The summed E-state index contributed by atoms with van der Waals surface area (Å²) in [5, 5.41) is 0. The molecule has 1 fully saturated rings. The number of hydrogen-bond acceptors (Lipinski definition) is 2. The molecule has 0 atom stereocenters. The summed E-state index contributed by atoms with van der Waals surface area (Å²) in [5.74, 6) is 0.863. The summed E-state index contributed by atoms with van der Waals surface area (Å²) >= 11 is 4.52. The molecule has 2 rings (SSSR count). The molecule has 0 N–H and O–H groups in total. The number of benzene rings is 1. The predicted molar refractivity (Wildman–Crippen MR) is 76.2 cm³/mol. The van der Waals surface area contributed by atoms with Crippen LogP contribution in [0.25, 0.3) is 0 Å². The second kappa shape index (κ2) is 4.33. The molecule has 0 aromatic heterocycles. The van der Waals surface area contributed by atoms with E-state index in [4.69, 9.17) is 4.74 Å². The van der Waals surface area contributed by atoms with E-state index in [0.29, 0.717) is 0 Å². The number of rotatable bonds is 2. The van der Waals surface area contributed by atoms with Crippen LogP contribution in [0.4, 0.5) is 0 Å². The molecule has 17 heavy (non-hydrogen) atoms. The van der Waals surface area contributed by atoms with E-state index in [9.17, 15) is 0 Å². The first-order valence-electron chi connectivity index (χ1n) is 6.19. The number of aryl methyl sites for hydroxylation is 1. The molecule has 1 aliphatic heterocycles. The summed E-state index contributed by atoms with van der Waals surface area (Å²) < 4.78 is 5.42. The molecule has 1 saturated heterocycles. The Morgan fingerprint density at radius 1 is 1.29 bits per heavy atom. The predicted octanol–water partition coefficient (Wildman–Crippen LogP) is 3.49. The highest BCUT2D eigenvalue weighted by molar-refractivity contribution is 7.80. The van der Waals surface area contributed by atoms with Gasteiger partial charge in [0.05, 0.1) is 18.6 Å². The summed E-state index contributed by atoms with van der Waals surface area (Å²) in [5.41, 5.74) is 4.52. The van der Waals surface area contributed by atoms with Crippen LogP contribution in [0.15, 0.2) is 18.2 Å². The highest BCUT2D eigenvalue weighted by Crippen LogP contribution is 2.37. The van der Waals surface area contributed by atoms with Crippen LogP contribution in [0.3, 0.4) is 0 Å². The molecule has 0 amide bonds. The van der Waals surface area contributed by atoms with E-state index in [2.05, 4.69) is 58.5 Å². The molecular weight excluding hydrogens is 228 g/mol. The molecule has 0 aliphatic carbocycles. The molecule has 1 aliphatic rings. The monoisotopic (exact) mass is 250 g/mol. The van der Waals surface area contributed by atoms with Gasteiger partial charge in [0.2, 0.25) is 0 Å². The van der Waals surface area contributed by atoms with Gasteiger partial charge in [-0.1, -0.05) is 39.0 Å². The SMILES string of the molecule is Cc1ccc(C(C)(C)C)cc1C1(CS)COC1. The lowest BCUT2D eigenvalue weighted by Gasteiger charge is -2.42. The zero-order valence-corrected chi connectivity index (χ0v) is 12.1. The minimum atomic E-state index is 0.147. The molecule has 0 radical (unpaired) electrons. The Bertz CT molecular complexity index is 408. The second-order valence-electron chi connectivity index (χ2n) is 6.21. The van der Waals surface area contributed by atoms with Crippen molar-refractivity contribution in [3.63, 3.8) is 0 Å². The third-order valence-electron chi connectivity index (χ3n) is 3.73. The fourth-order valence-electron chi connectivity index (χ4n) is 2.34. The van der Waals surface area contributed by atoms with Gasteiger partial charge in [0.1, 0.15) is 0 Å². The molecule has 1 heterocycles. The zero-order chi connectivity index (χ0) is 12.7. The Labute approximate surface area is 110 Å². The average Bonchev–Trinajstić information content (AvgIpc) is 2.18. The van der Waals surface area contributed by atoms with Crippen LogP contribution in [-0.2, 0) is 15.6 Å². The van der Waals surface area contributed by atoms with Gasteiger partial charge < -0.3 is 4.74 Å². The molecule has 1 aromatic carbocycles. The van der Waals surface area contributed by atoms with Crippen molar-refractivity contribution in [3.05, 3.63) is 34.9 Å². The summed E-state index contributed by atoms with van der Waals surface area (Å²) in [6.07, 6.45) is 0. The highest BCUT2D eigenvalue weighted by Gasteiger charge is 2.40. The van der Waals surface area contributed by atoms with E-state index >= 15 is 0 Å². The third-order valence-corrected chi connectivity index (χ3v) is 4.34. The van der Waals surface area contributed by atoms with Gasteiger partial charge in [-0.2, -0.15) is 12.6 Å². The van der Waals surface area contributed by atoms with Crippen molar-refractivity contribution in [2.75, 3.05) is 19.0 Å². The maximum absolute atomic E-state index is 5.42. The Hall–Kier alpha value is -0.470. The third kappa shape index (κ3) is 2.25. The van der Waals surface area contributed by atoms with E-state index in [1.54, 1.807) is 0 Å². The van der Waals surface area contributed by atoms with Crippen LogP contribution in [0.5, 0.6) is 0 Å². The van der Waals surface area contributed by atoms with Crippen molar-refractivity contribution in [2.45, 2.75) is 38.5 Å². The number of thiol groups is 1. The molecule has 1 nitrogen and oxygen atoms in total. The van der Waals surface area contributed by atoms with E-state index in [-0.39, 0.29) is 10.8 Å².